The Morgan fingerprint density at radius 1 is 1.00 bits per heavy atom. The summed E-state index contributed by atoms with van der Waals surface area (Å²) in [5, 5.41) is 4.15. The van der Waals surface area contributed by atoms with Gasteiger partial charge in [0.25, 0.3) is 0 Å². The minimum Gasteiger partial charge on any atom is -0.367 e. The first-order chi connectivity index (χ1) is 10.1. The lowest BCUT2D eigenvalue weighted by atomic mass is 9.98. The minimum absolute atomic E-state index is 0.354. The first kappa shape index (κ1) is 14.1. The highest BCUT2D eigenvalue weighted by Gasteiger charge is 2.17. The second-order valence-corrected chi connectivity index (χ2v) is 6.33. The van der Waals surface area contributed by atoms with Crippen molar-refractivity contribution in [1.29, 1.82) is 0 Å². The molecule has 3 nitrogen and oxygen atoms in total. The SMILES string of the molecule is Cc1ccc(-c2c(-c3cccc(I)c3)noc2N)cc1C. The van der Waals surface area contributed by atoms with Gasteiger partial charge in [-0.3, -0.25) is 0 Å². The molecule has 0 bridgehead atoms. The zero-order chi connectivity index (χ0) is 15.0. The van der Waals surface area contributed by atoms with E-state index >= 15 is 0 Å². The summed E-state index contributed by atoms with van der Waals surface area (Å²) in [5.41, 5.74) is 12.2. The van der Waals surface area contributed by atoms with Crippen molar-refractivity contribution in [3.63, 3.8) is 0 Å². The fourth-order valence-electron chi connectivity index (χ4n) is 2.31. The average Bonchev–Trinajstić information content (AvgIpc) is 2.84. The topological polar surface area (TPSA) is 52.0 Å². The van der Waals surface area contributed by atoms with E-state index in [1.807, 2.05) is 18.2 Å². The molecule has 0 unspecified atom stereocenters. The van der Waals surface area contributed by atoms with Gasteiger partial charge in [0.15, 0.2) is 0 Å². The largest absolute Gasteiger partial charge is 0.367 e. The van der Waals surface area contributed by atoms with E-state index < -0.39 is 0 Å². The molecule has 21 heavy (non-hydrogen) atoms. The van der Waals surface area contributed by atoms with Gasteiger partial charge in [0.1, 0.15) is 5.69 Å². The third-order valence-electron chi connectivity index (χ3n) is 3.61. The van der Waals surface area contributed by atoms with Crippen LogP contribution in [0.25, 0.3) is 22.4 Å². The molecule has 106 valence electrons. The van der Waals surface area contributed by atoms with E-state index in [1.54, 1.807) is 0 Å². The fourth-order valence-corrected chi connectivity index (χ4v) is 2.85. The van der Waals surface area contributed by atoms with Crippen LogP contribution in [0.15, 0.2) is 47.0 Å². The lowest BCUT2D eigenvalue weighted by Crippen LogP contribution is -1.90. The quantitative estimate of drug-likeness (QED) is 0.639. The highest BCUT2D eigenvalue weighted by atomic mass is 127. The molecule has 0 saturated carbocycles. The molecule has 0 atom stereocenters. The molecule has 1 aromatic heterocycles. The molecule has 0 amide bonds. The van der Waals surface area contributed by atoms with Crippen molar-refractivity contribution in [2.45, 2.75) is 13.8 Å². The molecule has 4 heteroatoms. The maximum Gasteiger partial charge on any atom is 0.230 e. The van der Waals surface area contributed by atoms with Crippen LogP contribution in [0.2, 0.25) is 0 Å². The van der Waals surface area contributed by atoms with Crippen LogP contribution in [0.5, 0.6) is 0 Å². The molecule has 3 rings (SSSR count). The number of nitrogens with two attached hydrogens (primary N) is 1. The molecule has 0 aliphatic carbocycles. The molecule has 3 aromatic rings. The summed E-state index contributed by atoms with van der Waals surface area (Å²) in [4.78, 5) is 0. The van der Waals surface area contributed by atoms with Crippen molar-refractivity contribution in [3.8, 4) is 22.4 Å². The van der Waals surface area contributed by atoms with Crippen molar-refractivity contribution >= 4 is 28.5 Å². The zero-order valence-electron chi connectivity index (χ0n) is 11.9. The number of hydrogen-bond donors (Lipinski definition) is 1. The van der Waals surface area contributed by atoms with E-state index in [4.69, 9.17) is 10.3 Å². The van der Waals surface area contributed by atoms with Gasteiger partial charge in [-0.15, -0.1) is 0 Å². The zero-order valence-corrected chi connectivity index (χ0v) is 14.0. The Morgan fingerprint density at radius 2 is 1.81 bits per heavy atom. The number of rotatable bonds is 2. The molecule has 0 fully saturated rings. The smallest absolute Gasteiger partial charge is 0.230 e. The number of anilines is 1. The van der Waals surface area contributed by atoms with E-state index in [0.29, 0.717) is 5.88 Å². The molecule has 0 radical (unpaired) electrons. The summed E-state index contributed by atoms with van der Waals surface area (Å²) < 4.78 is 6.39. The number of aromatic nitrogens is 1. The molecular formula is C17H15IN2O. The lowest BCUT2D eigenvalue weighted by Gasteiger charge is -2.06. The summed E-state index contributed by atoms with van der Waals surface area (Å²) in [7, 11) is 0. The van der Waals surface area contributed by atoms with Crippen molar-refractivity contribution in [2.24, 2.45) is 0 Å². The normalized spacial score (nSPS) is 10.8. The molecule has 0 spiro atoms. The van der Waals surface area contributed by atoms with Gasteiger partial charge < -0.3 is 10.3 Å². The average molecular weight is 390 g/mol. The van der Waals surface area contributed by atoms with Crippen LogP contribution in [0, 0.1) is 17.4 Å². The Bertz CT molecular complexity index is 808. The first-order valence-electron chi connectivity index (χ1n) is 6.65. The second-order valence-electron chi connectivity index (χ2n) is 5.08. The maximum absolute atomic E-state index is 6.01. The van der Waals surface area contributed by atoms with Crippen molar-refractivity contribution < 1.29 is 4.52 Å². The maximum atomic E-state index is 6.01. The van der Waals surface area contributed by atoms with Gasteiger partial charge in [0, 0.05) is 9.13 Å². The number of aryl methyl sites for hydroxylation is 2. The monoisotopic (exact) mass is 390 g/mol. The fraction of sp³-hybridized carbons (Fsp3) is 0.118. The van der Waals surface area contributed by atoms with Gasteiger partial charge in [0.05, 0.1) is 5.56 Å². The molecule has 0 saturated heterocycles. The third kappa shape index (κ3) is 2.68. The van der Waals surface area contributed by atoms with Crippen LogP contribution in [0.1, 0.15) is 11.1 Å². The third-order valence-corrected chi connectivity index (χ3v) is 4.28. The van der Waals surface area contributed by atoms with Gasteiger partial charge >= 0.3 is 0 Å². The molecule has 1 heterocycles. The Balaban J connectivity index is 2.19. The first-order valence-corrected chi connectivity index (χ1v) is 7.73. The van der Waals surface area contributed by atoms with E-state index in [9.17, 15) is 0 Å². The van der Waals surface area contributed by atoms with E-state index in [-0.39, 0.29) is 0 Å². The van der Waals surface area contributed by atoms with Crippen LogP contribution in [0.4, 0.5) is 5.88 Å². The molecular weight excluding hydrogens is 375 g/mol. The minimum atomic E-state index is 0.354. The molecule has 0 aliphatic heterocycles. The van der Waals surface area contributed by atoms with Crippen molar-refractivity contribution in [1.82, 2.24) is 5.16 Å². The Kier molecular flexibility index (Phi) is 3.71. The number of benzene rings is 2. The van der Waals surface area contributed by atoms with Crippen LogP contribution in [-0.4, -0.2) is 5.16 Å². The van der Waals surface area contributed by atoms with E-state index in [0.717, 1.165) is 26.0 Å². The molecule has 0 aliphatic rings. The van der Waals surface area contributed by atoms with Gasteiger partial charge in [-0.1, -0.05) is 35.5 Å². The van der Waals surface area contributed by atoms with Gasteiger partial charge in [0.2, 0.25) is 5.88 Å². The second kappa shape index (κ2) is 5.52. The summed E-state index contributed by atoms with van der Waals surface area (Å²) in [5.74, 6) is 0.354. The van der Waals surface area contributed by atoms with Crippen LogP contribution in [-0.2, 0) is 0 Å². The van der Waals surface area contributed by atoms with Crippen LogP contribution in [0.3, 0.4) is 0 Å². The van der Waals surface area contributed by atoms with Gasteiger partial charge in [-0.25, -0.2) is 0 Å². The highest BCUT2D eigenvalue weighted by Crippen LogP contribution is 2.37. The highest BCUT2D eigenvalue weighted by molar-refractivity contribution is 14.1. The summed E-state index contributed by atoms with van der Waals surface area (Å²) >= 11 is 2.29. The Hall–Kier alpha value is -1.82. The Morgan fingerprint density at radius 3 is 2.52 bits per heavy atom. The predicted molar refractivity (Wildman–Crippen MR) is 94.0 cm³/mol. The number of nitrogens with zero attached hydrogens (tertiary/aromatic N) is 1. The molecule has 2 aromatic carbocycles. The van der Waals surface area contributed by atoms with Crippen molar-refractivity contribution in [2.75, 3.05) is 5.73 Å². The number of nitrogen functional groups attached to an aromatic ring is 1. The van der Waals surface area contributed by atoms with Crippen LogP contribution >= 0.6 is 22.6 Å². The van der Waals surface area contributed by atoms with Crippen molar-refractivity contribution in [3.05, 3.63) is 57.2 Å². The Labute approximate surface area is 137 Å². The summed E-state index contributed by atoms with van der Waals surface area (Å²) in [6.45, 7) is 4.18. The predicted octanol–water partition coefficient (Wildman–Crippen LogP) is 4.81. The number of hydrogen-bond acceptors (Lipinski definition) is 3. The van der Waals surface area contributed by atoms with E-state index in [2.05, 4.69) is 65.9 Å². The van der Waals surface area contributed by atoms with Gasteiger partial charge in [-0.05, 0) is 65.3 Å². The number of halogens is 1. The summed E-state index contributed by atoms with van der Waals surface area (Å²) in [6, 6.07) is 14.4. The summed E-state index contributed by atoms with van der Waals surface area (Å²) in [6.07, 6.45) is 0. The standard InChI is InChI=1S/C17H15IN2O/c1-10-6-7-12(8-11(10)2)15-16(20-21-17(15)19)13-4-3-5-14(18)9-13/h3-9H,19H2,1-2H3. The van der Waals surface area contributed by atoms with Crippen LogP contribution < -0.4 is 5.73 Å². The van der Waals surface area contributed by atoms with E-state index in [1.165, 1.54) is 11.1 Å². The lowest BCUT2D eigenvalue weighted by molar-refractivity contribution is 0.439. The molecule has 2 N–H and O–H groups in total. The van der Waals surface area contributed by atoms with Gasteiger partial charge in [-0.2, -0.15) is 0 Å².